The van der Waals surface area contributed by atoms with E-state index >= 15 is 0 Å². The van der Waals surface area contributed by atoms with Crippen molar-refractivity contribution in [3.8, 4) is 0 Å². The minimum Gasteiger partial charge on any atom is -0.356 e. The highest BCUT2D eigenvalue weighted by atomic mass is 127. The van der Waals surface area contributed by atoms with E-state index in [0.717, 1.165) is 50.3 Å². The van der Waals surface area contributed by atoms with Crippen molar-refractivity contribution in [3.63, 3.8) is 0 Å². The molecule has 1 fully saturated rings. The highest BCUT2D eigenvalue weighted by molar-refractivity contribution is 14.0. The predicted octanol–water partition coefficient (Wildman–Crippen LogP) is 4.31. The Hall–Kier alpha value is -1.38. The molecule has 30 heavy (non-hydrogen) atoms. The van der Waals surface area contributed by atoms with Crippen LogP contribution in [0.25, 0.3) is 0 Å². The normalized spacial score (nSPS) is 15.7. The van der Waals surface area contributed by atoms with E-state index in [0.29, 0.717) is 18.5 Å². The smallest absolute Gasteiger partial charge is 0.225 e. The molecule has 0 spiro atoms. The van der Waals surface area contributed by atoms with Crippen LogP contribution in [-0.4, -0.2) is 49.5 Å². The minimum atomic E-state index is -0.231. The summed E-state index contributed by atoms with van der Waals surface area (Å²) in [7, 11) is 1.76. The number of piperidine rings is 1. The highest BCUT2D eigenvalue weighted by Gasteiger charge is 2.27. The molecule has 0 aromatic heterocycles. The van der Waals surface area contributed by atoms with Crippen molar-refractivity contribution in [1.29, 1.82) is 0 Å². The quantitative estimate of drug-likeness (QED) is 0.313. The van der Waals surface area contributed by atoms with E-state index in [2.05, 4.69) is 43.3 Å². The second kappa shape index (κ2) is 12.5. The molecular formula is C23H38FIN4O. The van der Waals surface area contributed by atoms with Crippen molar-refractivity contribution in [3.05, 3.63) is 35.6 Å². The van der Waals surface area contributed by atoms with Crippen LogP contribution in [0.1, 0.15) is 58.9 Å². The number of nitrogens with zero attached hydrogens (tertiary/aromatic N) is 2. The molecule has 1 heterocycles. The minimum absolute atomic E-state index is 0. The molecule has 5 nitrogen and oxygen atoms in total. The molecule has 0 unspecified atom stereocenters. The van der Waals surface area contributed by atoms with Gasteiger partial charge in [0.25, 0.3) is 0 Å². The van der Waals surface area contributed by atoms with Crippen molar-refractivity contribution >= 4 is 35.8 Å². The molecule has 2 rings (SSSR count). The largest absolute Gasteiger partial charge is 0.356 e. The Morgan fingerprint density at radius 1 is 1.27 bits per heavy atom. The fraction of sp³-hybridized carbons (Fsp3) is 0.652. The van der Waals surface area contributed by atoms with Gasteiger partial charge < -0.3 is 15.5 Å². The van der Waals surface area contributed by atoms with E-state index in [9.17, 15) is 9.18 Å². The lowest BCUT2D eigenvalue weighted by Crippen LogP contribution is -2.51. The third kappa shape index (κ3) is 7.39. The van der Waals surface area contributed by atoms with E-state index < -0.39 is 0 Å². The summed E-state index contributed by atoms with van der Waals surface area (Å²) in [6.07, 6.45) is 3.65. The number of aliphatic imine (C=N–C) groups is 1. The molecule has 1 aromatic rings. The SMILES string of the molecule is CCC(CC)C(=O)N1CCC(NC(=NC)NCC(C)(C)c2cccc(F)c2)CC1.I. The summed E-state index contributed by atoms with van der Waals surface area (Å²) in [6, 6.07) is 7.05. The van der Waals surface area contributed by atoms with Crippen LogP contribution in [0.3, 0.4) is 0 Å². The maximum Gasteiger partial charge on any atom is 0.225 e. The van der Waals surface area contributed by atoms with Gasteiger partial charge in [0.1, 0.15) is 5.82 Å². The van der Waals surface area contributed by atoms with Gasteiger partial charge in [-0.05, 0) is 43.4 Å². The van der Waals surface area contributed by atoms with Gasteiger partial charge in [-0.25, -0.2) is 4.39 Å². The number of hydrogen-bond acceptors (Lipinski definition) is 2. The van der Waals surface area contributed by atoms with Crippen molar-refractivity contribution in [1.82, 2.24) is 15.5 Å². The van der Waals surface area contributed by atoms with E-state index in [1.54, 1.807) is 19.2 Å². The second-order valence-corrected chi connectivity index (χ2v) is 8.58. The number of guanidine groups is 1. The van der Waals surface area contributed by atoms with Crippen molar-refractivity contribution in [2.45, 2.75) is 64.8 Å². The van der Waals surface area contributed by atoms with Crippen LogP contribution in [0.5, 0.6) is 0 Å². The molecule has 0 radical (unpaired) electrons. The zero-order chi connectivity index (χ0) is 21.4. The maximum atomic E-state index is 13.6. The van der Waals surface area contributed by atoms with Gasteiger partial charge in [-0.1, -0.05) is 39.8 Å². The summed E-state index contributed by atoms with van der Waals surface area (Å²) in [5.41, 5.74) is 0.721. The lowest BCUT2D eigenvalue weighted by Gasteiger charge is -2.35. The Kier molecular flexibility index (Phi) is 11.1. The van der Waals surface area contributed by atoms with E-state index in [4.69, 9.17) is 0 Å². The number of benzene rings is 1. The summed E-state index contributed by atoms with van der Waals surface area (Å²) in [6.45, 7) is 10.6. The molecular weight excluding hydrogens is 494 g/mol. The lowest BCUT2D eigenvalue weighted by molar-refractivity contribution is -0.136. The monoisotopic (exact) mass is 532 g/mol. The Morgan fingerprint density at radius 2 is 1.90 bits per heavy atom. The molecule has 7 heteroatoms. The first kappa shape index (κ1) is 26.7. The number of hydrogen-bond donors (Lipinski definition) is 2. The van der Waals surface area contributed by atoms with E-state index in [1.165, 1.54) is 6.07 Å². The average Bonchev–Trinajstić information content (AvgIpc) is 2.72. The summed E-state index contributed by atoms with van der Waals surface area (Å²) >= 11 is 0. The van der Waals surface area contributed by atoms with Gasteiger partial charge in [0.15, 0.2) is 5.96 Å². The van der Waals surface area contributed by atoms with Crippen LogP contribution in [0.2, 0.25) is 0 Å². The maximum absolute atomic E-state index is 13.6. The van der Waals surface area contributed by atoms with Crippen LogP contribution in [0.4, 0.5) is 4.39 Å². The summed E-state index contributed by atoms with van der Waals surface area (Å²) < 4.78 is 13.6. The van der Waals surface area contributed by atoms with Gasteiger partial charge in [0, 0.05) is 44.1 Å². The summed E-state index contributed by atoms with van der Waals surface area (Å²) in [5, 5.41) is 6.87. The molecule has 1 amide bonds. The standard InChI is InChI=1S/C23H37FN4O.HI/c1-6-17(7-2)21(29)28-13-11-20(12-14-28)27-22(25-5)26-16-23(3,4)18-9-8-10-19(24)15-18;/h8-10,15,17,20H,6-7,11-14,16H2,1-5H3,(H2,25,26,27);1H. The molecule has 0 bridgehead atoms. The number of likely N-dealkylation sites (tertiary alicyclic amines) is 1. The number of carbonyl (C=O) groups excluding carboxylic acids is 1. The molecule has 1 aliphatic heterocycles. The fourth-order valence-electron chi connectivity index (χ4n) is 3.84. The van der Waals surface area contributed by atoms with Crippen LogP contribution >= 0.6 is 24.0 Å². The fourth-order valence-corrected chi connectivity index (χ4v) is 3.84. The third-order valence-corrected chi connectivity index (χ3v) is 6.01. The van der Waals surface area contributed by atoms with Gasteiger partial charge in [-0.3, -0.25) is 9.79 Å². The average molecular weight is 532 g/mol. The zero-order valence-corrected chi connectivity index (χ0v) is 21.3. The Balaban J connectivity index is 0.00000450. The van der Waals surface area contributed by atoms with Crippen molar-refractivity contribution < 1.29 is 9.18 Å². The first-order chi connectivity index (χ1) is 13.8. The van der Waals surface area contributed by atoms with E-state index in [-0.39, 0.29) is 41.1 Å². The van der Waals surface area contributed by atoms with Crippen LogP contribution in [-0.2, 0) is 10.2 Å². The molecule has 1 aromatic carbocycles. The van der Waals surface area contributed by atoms with Crippen LogP contribution < -0.4 is 10.6 Å². The molecule has 0 saturated carbocycles. The first-order valence-electron chi connectivity index (χ1n) is 10.8. The first-order valence-corrected chi connectivity index (χ1v) is 10.8. The van der Waals surface area contributed by atoms with Crippen molar-refractivity contribution in [2.24, 2.45) is 10.9 Å². The van der Waals surface area contributed by atoms with Crippen LogP contribution in [0.15, 0.2) is 29.3 Å². The lowest BCUT2D eigenvalue weighted by atomic mass is 9.84. The van der Waals surface area contributed by atoms with Crippen LogP contribution in [0, 0.1) is 11.7 Å². The number of halogens is 2. The molecule has 1 aliphatic rings. The molecule has 170 valence electrons. The molecule has 2 N–H and O–H groups in total. The van der Waals surface area contributed by atoms with Crippen molar-refractivity contribution in [2.75, 3.05) is 26.7 Å². The summed E-state index contributed by atoms with van der Waals surface area (Å²) in [5.74, 6) is 0.985. The van der Waals surface area contributed by atoms with Gasteiger partial charge in [0.05, 0.1) is 0 Å². The topological polar surface area (TPSA) is 56.7 Å². The van der Waals surface area contributed by atoms with E-state index in [1.807, 2.05) is 11.0 Å². The van der Waals surface area contributed by atoms with Gasteiger partial charge in [-0.15, -0.1) is 24.0 Å². The van der Waals surface area contributed by atoms with Gasteiger partial charge >= 0.3 is 0 Å². The highest BCUT2D eigenvalue weighted by Crippen LogP contribution is 2.23. The molecule has 1 saturated heterocycles. The second-order valence-electron chi connectivity index (χ2n) is 8.58. The third-order valence-electron chi connectivity index (χ3n) is 6.01. The zero-order valence-electron chi connectivity index (χ0n) is 19.0. The predicted molar refractivity (Wildman–Crippen MR) is 133 cm³/mol. The number of rotatable bonds is 7. The molecule has 0 atom stereocenters. The summed E-state index contributed by atoms with van der Waals surface area (Å²) in [4.78, 5) is 18.9. The Labute approximate surface area is 198 Å². The van der Waals surface area contributed by atoms with Gasteiger partial charge in [-0.2, -0.15) is 0 Å². The number of nitrogens with one attached hydrogen (secondary N) is 2. The van der Waals surface area contributed by atoms with Gasteiger partial charge in [0.2, 0.25) is 5.91 Å². The Bertz CT molecular complexity index is 698. The number of amides is 1. The molecule has 0 aliphatic carbocycles. The Morgan fingerprint density at radius 3 is 2.43 bits per heavy atom. The number of carbonyl (C=O) groups is 1.